The summed E-state index contributed by atoms with van der Waals surface area (Å²) in [7, 11) is 0. The summed E-state index contributed by atoms with van der Waals surface area (Å²) in [6.07, 6.45) is 5.74. The van der Waals surface area contributed by atoms with E-state index in [4.69, 9.17) is 4.74 Å². The second kappa shape index (κ2) is 1.97. The smallest absolute Gasteiger partial charge is 0.0690 e. The molecule has 58 valence electrons. The van der Waals surface area contributed by atoms with Gasteiger partial charge in [0, 0.05) is 0 Å². The molecule has 2 aliphatic rings. The Morgan fingerprint density at radius 2 is 2.00 bits per heavy atom. The van der Waals surface area contributed by atoms with E-state index in [1.165, 1.54) is 25.7 Å². The van der Waals surface area contributed by atoms with Crippen LogP contribution in [0.25, 0.3) is 0 Å². The zero-order valence-corrected chi connectivity index (χ0v) is 6.89. The van der Waals surface area contributed by atoms with Crippen molar-refractivity contribution in [2.75, 3.05) is 0 Å². The zero-order chi connectivity index (χ0) is 7.19. The summed E-state index contributed by atoms with van der Waals surface area (Å²) < 4.78 is 5.86. The van der Waals surface area contributed by atoms with Crippen molar-refractivity contribution in [3.8, 4) is 0 Å². The first kappa shape index (κ1) is 6.66. The monoisotopic (exact) mass is 140 g/mol. The summed E-state index contributed by atoms with van der Waals surface area (Å²) >= 11 is 0. The van der Waals surface area contributed by atoms with Crippen LogP contribution in [0.1, 0.15) is 39.5 Å². The maximum atomic E-state index is 5.86. The topological polar surface area (TPSA) is 9.23 Å². The van der Waals surface area contributed by atoms with Gasteiger partial charge in [-0.2, -0.15) is 0 Å². The Bertz CT molecular complexity index is 126. The van der Waals surface area contributed by atoms with Gasteiger partial charge in [0.2, 0.25) is 0 Å². The highest BCUT2D eigenvalue weighted by molar-refractivity contribution is 4.99. The molecule has 0 radical (unpaired) electrons. The van der Waals surface area contributed by atoms with Crippen LogP contribution in [0.2, 0.25) is 0 Å². The first-order valence-electron chi connectivity index (χ1n) is 4.38. The molecule has 2 rings (SSSR count). The van der Waals surface area contributed by atoms with Gasteiger partial charge in [0.05, 0.1) is 11.7 Å². The summed E-state index contributed by atoms with van der Waals surface area (Å²) in [4.78, 5) is 0. The molecule has 0 unspecified atom stereocenters. The Labute approximate surface area is 62.8 Å². The number of hydrogen-bond acceptors (Lipinski definition) is 1. The van der Waals surface area contributed by atoms with E-state index >= 15 is 0 Å². The zero-order valence-electron chi connectivity index (χ0n) is 6.89. The van der Waals surface area contributed by atoms with Gasteiger partial charge in [-0.3, -0.25) is 0 Å². The SMILES string of the molecule is C[C@@H]1C[C@H](C)OC2(CC2)C1. The van der Waals surface area contributed by atoms with Crippen molar-refractivity contribution in [3.63, 3.8) is 0 Å². The lowest BCUT2D eigenvalue weighted by Gasteiger charge is -2.32. The van der Waals surface area contributed by atoms with Crippen molar-refractivity contribution in [2.24, 2.45) is 5.92 Å². The largest absolute Gasteiger partial charge is 0.372 e. The van der Waals surface area contributed by atoms with Gasteiger partial charge in [-0.1, -0.05) is 6.92 Å². The lowest BCUT2D eigenvalue weighted by molar-refractivity contribution is -0.0758. The minimum absolute atomic E-state index is 0.372. The average Bonchev–Trinajstić information content (AvgIpc) is 2.44. The van der Waals surface area contributed by atoms with Crippen LogP contribution in [0.15, 0.2) is 0 Å². The minimum Gasteiger partial charge on any atom is -0.372 e. The van der Waals surface area contributed by atoms with Crippen LogP contribution in [0.4, 0.5) is 0 Å². The van der Waals surface area contributed by atoms with E-state index in [-0.39, 0.29) is 0 Å². The molecule has 0 aromatic rings. The van der Waals surface area contributed by atoms with Crippen molar-refractivity contribution in [1.82, 2.24) is 0 Å². The average molecular weight is 140 g/mol. The molecule has 1 saturated heterocycles. The Morgan fingerprint density at radius 3 is 2.50 bits per heavy atom. The molecule has 2 atom stereocenters. The molecule has 0 amide bonds. The molecule has 1 heterocycles. The third kappa shape index (κ3) is 1.07. The molecule has 1 heteroatoms. The maximum Gasteiger partial charge on any atom is 0.0690 e. The van der Waals surface area contributed by atoms with Crippen LogP contribution in [0, 0.1) is 5.92 Å². The van der Waals surface area contributed by atoms with Crippen LogP contribution in [-0.4, -0.2) is 11.7 Å². The molecule has 1 spiro atoms. The van der Waals surface area contributed by atoms with Crippen LogP contribution >= 0.6 is 0 Å². The number of hydrogen-bond donors (Lipinski definition) is 0. The van der Waals surface area contributed by atoms with Crippen LogP contribution < -0.4 is 0 Å². The van der Waals surface area contributed by atoms with Gasteiger partial charge >= 0.3 is 0 Å². The molecule has 1 saturated carbocycles. The molecule has 0 bridgehead atoms. The van der Waals surface area contributed by atoms with Gasteiger partial charge < -0.3 is 4.74 Å². The summed E-state index contributed by atoms with van der Waals surface area (Å²) in [6.45, 7) is 4.55. The van der Waals surface area contributed by atoms with E-state index in [0.29, 0.717) is 11.7 Å². The minimum atomic E-state index is 0.372. The lowest BCUT2D eigenvalue weighted by atomic mass is 9.93. The fraction of sp³-hybridized carbons (Fsp3) is 1.00. The summed E-state index contributed by atoms with van der Waals surface area (Å²) in [6, 6.07) is 0. The second-order valence-electron chi connectivity index (χ2n) is 4.16. The summed E-state index contributed by atoms with van der Waals surface area (Å²) in [5, 5.41) is 0. The Kier molecular flexibility index (Phi) is 1.31. The van der Waals surface area contributed by atoms with Crippen molar-refractivity contribution >= 4 is 0 Å². The fourth-order valence-corrected chi connectivity index (χ4v) is 2.27. The molecule has 1 aliphatic carbocycles. The molecule has 10 heavy (non-hydrogen) atoms. The first-order valence-corrected chi connectivity index (χ1v) is 4.38. The Hall–Kier alpha value is -0.0400. The van der Waals surface area contributed by atoms with E-state index in [1.807, 2.05) is 0 Å². The first-order chi connectivity index (χ1) is 4.70. The van der Waals surface area contributed by atoms with Crippen molar-refractivity contribution < 1.29 is 4.74 Å². The molecule has 0 aromatic carbocycles. The van der Waals surface area contributed by atoms with Crippen molar-refractivity contribution in [2.45, 2.75) is 51.2 Å². The molecular formula is C9H16O. The van der Waals surface area contributed by atoms with E-state index in [2.05, 4.69) is 13.8 Å². The number of rotatable bonds is 0. The molecule has 2 fully saturated rings. The second-order valence-corrected chi connectivity index (χ2v) is 4.16. The number of ether oxygens (including phenoxy) is 1. The van der Waals surface area contributed by atoms with E-state index < -0.39 is 0 Å². The highest BCUT2D eigenvalue weighted by atomic mass is 16.5. The fourth-order valence-electron chi connectivity index (χ4n) is 2.27. The Balaban J connectivity index is 2.00. The van der Waals surface area contributed by atoms with Crippen LogP contribution in [0.5, 0.6) is 0 Å². The molecule has 1 nitrogen and oxygen atoms in total. The van der Waals surface area contributed by atoms with E-state index in [9.17, 15) is 0 Å². The summed E-state index contributed by atoms with van der Waals surface area (Å²) in [5.41, 5.74) is 0.372. The van der Waals surface area contributed by atoms with E-state index in [1.54, 1.807) is 0 Å². The maximum absolute atomic E-state index is 5.86. The van der Waals surface area contributed by atoms with Crippen LogP contribution in [0.3, 0.4) is 0 Å². The van der Waals surface area contributed by atoms with Crippen LogP contribution in [-0.2, 0) is 4.74 Å². The van der Waals surface area contributed by atoms with Gasteiger partial charge in [0.15, 0.2) is 0 Å². The lowest BCUT2D eigenvalue weighted by Crippen LogP contribution is -2.31. The standard InChI is InChI=1S/C9H16O/c1-7-5-8(2)10-9(6-7)3-4-9/h7-8H,3-6H2,1-2H3/t7-,8+/m1/s1. The highest BCUT2D eigenvalue weighted by Crippen LogP contribution is 2.49. The van der Waals surface area contributed by atoms with Gasteiger partial charge in [-0.25, -0.2) is 0 Å². The van der Waals surface area contributed by atoms with Gasteiger partial charge in [0.1, 0.15) is 0 Å². The predicted octanol–water partition coefficient (Wildman–Crippen LogP) is 2.35. The molecule has 0 N–H and O–H groups in total. The van der Waals surface area contributed by atoms with Gasteiger partial charge in [0.25, 0.3) is 0 Å². The van der Waals surface area contributed by atoms with Crippen molar-refractivity contribution in [3.05, 3.63) is 0 Å². The third-order valence-electron chi connectivity index (χ3n) is 2.71. The van der Waals surface area contributed by atoms with Crippen molar-refractivity contribution in [1.29, 1.82) is 0 Å². The molecule has 1 aliphatic heterocycles. The Morgan fingerprint density at radius 1 is 1.30 bits per heavy atom. The van der Waals surface area contributed by atoms with E-state index in [0.717, 1.165) is 5.92 Å². The molecular weight excluding hydrogens is 124 g/mol. The quantitative estimate of drug-likeness (QED) is 0.502. The predicted molar refractivity (Wildman–Crippen MR) is 40.9 cm³/mol. The summed E-state index contributed by atoms with van der Waals surface area (Å²) in [5.74, 6) is 0.895. The van der Waals surface area contributed by atoms with Gasteiger partial charge in [-0.15, -0.1) is 0 Å². The van der Waals surface area contributed by atoms with Gasteiger partial charge in [-0.05, 0) is 38.5 Å². The molecule has 0 aromatic heterocycles. The highest BCUT2D eigenvalue weighted by Gasteiger charge is 2.48. The third-order valence-corrected chi connectivity index (χ3v) is 2.71. The normalized spacial score (nSPS) is 43.8.